The first-order chi connectivity index (χ1) is 8.71. The molecule has 0 heterocycles. The Balaban J connectivity index is 2.71. The van der Waals surface area contributed by atoms with Crippen LogP contribution in [0, 0.1) is 0 Å². The molecular weight excluding hydrogens is 222 g/mol. The van der Waals surface area contributed by atoms with Crippen molar-refractivity contribution in [2.45, 2.75) is 59.1 Å². The van der Waals surface area contributed by atoms with Gasteiger partial charge in [0.15, 0.2) is 0 Å². The van der Waals surface area contributed by atoms with E-state index in [9.17, 15) is 0 Å². The molecule has 0 fully saturated rings. The molecule has 1 aromatic carbocycles. The van der Waals surface area contributed by atoms with Crippen molar-refractivity contribution in [1.29, 1.82) is 0 Å². The topological polar surface area (TPSA) is 21.3 Å². The highest BCUT2D eigenvalue weighted by molar-refractivity contribution is 5.30. The van der Waals surface area contributed by atoms with Crippen LogP contribution >= 0.6 is 0 Å². The minimum Gasteiger partial charge on any atom is -0.491 e. The largest absolute Gasteiger partial charge is 0.491 e. The lowest BCUT2D eigenvalue weighted by molar-refractivity contribution is 0.209. The van der Waals surface area contributed by atoms with Gasteiger partial charge in [-0.1, -0.05) is 39.3 Å². The lowest BCUT2D eigenvalue weighted by atomic mass is 10.0. The number of hydrogen-bond acceptors (Lipinski definition) is 2. The molecule has 0 radical (unpaired) electrons. The molecule has 1 N–H and O–H groups in total. The molecule has 0 aliphatic rings. The van der Waals surface area contributed by atoms with E-state index in [0.717, 1.165) is 31.6 Å². The molecule has 0 aliphatic heterocycles. The smallest absolute Gasteiger partial charge is 0.120 e. The molecule has 0 amide bonds. The number of nitrogens with one attached hydrogen (secondary N) is 1. The van der Waals surface area contributed by atoms with E-state index in [0.29, 0.717) is 12.1 Å². The van der Waals surface area contributed by atoms with Gasteiger partial charge >= 0.3 is 0 Å². The third-order valence-electron chi connectivity index (χ3n) is 3.15. The van der Waals surface area contributed by atoms with Crippen LogP contribution in [0.3, 0.4) is 0 Å². The van der Waals surface area contributed by atoms with Gasteiger partial charge in [0, 0.05) is 6.04 Å². The normalized spacial score (nSPS) is 14.2. The Bertz CT molecular complexity index is 338. The monoisotopic (exact) mass is 249 g/mol. The minimum atomic E-state index is 0.296. The first-order valence-corrected chi connectivity index (χ1v) is 7.21. The van der Waals surface area contributed by atoms with Gasteiger partial charge in [0.2, 0.25) is 0 Å². The van der Waals surface area contributed by atoms with Gasteiger partial charge in [0.05, 0.1) is 6.10 Å². The van der Waals surface area contributed by atoms with E-state index in [1.807, 2.05) is 6.07 Å². The van der Waals surface area contributed by atoms with Crippen molar-refractivity contribution in [1.82, 2.24) is 5.32 Å². The summed E-state index contributed by atoms with van der Waals surface area (Å²) >= 11 is 0. The molecule has 0 aromatic heterocycles. The maximum absolute atomic E-state index is 5.94. The fourth-order valence-corrected chi connectivity index (χ4v) is 2.25. The van der Waals surface area contributed by atoms with Crippen LogP contribution in [0.25, 0.3) is 0 Å². The van der Waals surface area contributed by atoms with E-state index < -0.39 is 0 Å². The van der Waals surface area contributed by atoms with Gasteiger partial charge in [-0.15, -0.1) is 0 Å². The molecule has 102 valence electrons. The third kappa shape index (κ3) is 4.69. The van der Waals surface area contributed by atoms with Gasteiger partial charge in [-0.3, -0.25) is 0 Å². The quantitative estimate of drug-likeness (QED) is 0.741. The first-order valence-electron chi connectivity index (χ1n) is 7.21. The molecule has 2 heteroatoms. The Morgan fingerprint density at radius 3 is 2.61 bits per heavy atom. The molecule has 2 unspecified atom stereocenters. The Hall–Kier alpha value is -1.02. The molecule has 0 saturated heterocycles. The number of ether oxygens (including phenoxy) is 1. The summed E-state index contributed by atoms with van der Waals surface area (Å²) in [7, 11) is 0. The van der Waals surface area contributed by atoms with Crippen LogP contribution in [0.1, 0.15) is 58.6 Å². The highest BCUT2D eigenvalue weighted by Gasteiger charge is 2.09. The van der Waals surface area contributed by atoms with E-state index in [4.69, 9.17) is 4.74 Å². The zero-order valence-electron chi connectivity index (χ0n) is 12.2. The van der Waals surface area contributed by atoms with Crippen LogP contribution in [-0.4, -0.2) is 12.6 Å². The van der Waals surface area contributed by atoms with Crippen LogP contribution < -0.4 is 10.1 Å². The summed E-state index contributed by atoms with van der Waals surface area (Å²) in [5.74, 6) is 0.991. The molecule has 2 atom stereocenters. The van der Waals surface area contributed by atoms with Crippen molar-refractivity contribution in [3.63, 3.8) is 0 Å². The van der Waals surface area contributed by atoms with Crippen LogP contribution in [0.4, 0.5) is 0 Å². The van der Waals surface area contributed by atoms with Gasteiger partial charge in [-0.25, -0.2) is 0 Å². The molecule has 1 aromatic rings. The molecule has 2 nitrogen and oxygen atoms in total. The van der Waals surface area contributed by atoms with Crippen LogP contribution in [0.5, 0.6) is 5.75 Å². The van der Waals surface area contributed by atoms with Crippen molar-refractivity contribution in [3.05, 3.63) is 29.8 Å². The number of hydrogen-bond donors (Lipinski definition) is 1. The van der Waals surface area contributed by atoms with E-state index in [2.05, 4.69) is 51.2 Å². The van der Waals surface area contributed by atoms with Crippen LogP contribution in [-0.2, 0) is 0 Å². The van der Waals surface area contributed by atoms with Gasteiger partial charge in [0.25, 0.3) is 0 Å². The second kappa shape index (κ2) is 8.15. The fraction of sp³-hybridized carbons (Fsp3) is 0.625. The van der Waals surface area contributed by atoms with Crippen molar-refractivity contribution < 1.29 is 4.74 Å². The SMILES string of the molecule is CCCC(C)Oc1cccc(C(CC)NCC)c1. The highest BCUT2D eigenvalue weighted by atomic mass is 16.5. The highest BCUT2D eigenvalue weighted by Crippen LogP contribution is 2.22. The van der Waals surface area contributed by atoms with Crippen molar-refractivity contribution in [2.75, 3.05) is 6.54 Å². The Kier molecular flexibility index (Phi) is 6.81. The van der Waals surface area contributed by atoms with E-state index in [1.165, 1.54) is 5.56 Å². The average Bonchev–Trinajstić information content (AvgIpc) is 2.36. The summed E-state index contributed by atoms with van der Waals surface area (Å²) in [4.78, 5) is 0. The molecule has 18 heavy (non-hydrogen) atoms. The molecular formula is C16H27NO. The summed E-state index contributed by atoms with van der Waals surface area (Å²) < 4.78 is 5.94. The zero-order chi connectivity index (χ0) is 13.4. The first kappa shape index (κ1) is 15.0. The predicted molar refractivity (Wildman–Crippen MR) is 78.1 cm³/mol. The number of benzene rings is 1. The molecule has 1 rings (SSSR count). The summed E-state index contributed by atoms with van der Waals surface area (Å²) in [6.07, 6.45) is 3.66. The summed E-state index contributed by atoms with van der Waals surface area (Å²) in [5.41, 5.74) is 1.32. The van der Waals surface area contributed by atoms with E-state index in [1.54, 1.807) is 0 Å². The second-order valence-electron chi connectivity index (χ2n) is 4.81. The summed E-state index contributed by atoms with van der Waals surface area (Å²) in [6.45, 7) is 9.68. The average molecular weight is 249 g/mol. The van der Waals surface area contributed by atoms with Gasteiger partial charge in [-0.2, -0.15) is 0 Å². The molecule has 0 aliphatic carbocycles. The predicted octanol–water partition coefficient (Wildman–Crippen LogP) is 4.31. The van der Waals surface area contributed by atoms with Gasteiger partial charge in [-0.05, 0) is 44.0 Å². The Morgan fingerprint density at radius 2 is 2.00 bits per heavy atom. The number of rotatable bonds is 8. The summed E-state index contributed by atoms with van der Waals surface area (Å²) in [6, 6.07) is 8.91. The third-order valence-corrected chi connectivity index (χ3v) is 3.15. The Labute approximate surface area is 112 Å². The standard InChI is InChI=1S/C16H27NO/c1-5-9-13(4)18-15-11-8-10-14(12-15)16(6-2)17-7-3/h8,10-13,16-17H,5-7,9H2,1-4H3. The zero-order valence-corrected chi connectivity index (χ0v) is 12.2. The maximum Gasteiger partial charge on any atom is 0.120 e. The van der Waals surface area contributed by atoms with Gasteiger partial charge < -0.3 is 10.1 Å². The maximum atomic E-state index is 5.94. The van der Waals surface area contributed by atoms with Crippen molar-refractivity contribution >= 4 is 0 Å². The van der Waals surface area contributed by atoms with Crippen LogP contribution in [0.15, 0.2) is 24.3 Å². The summed E-state index contributed by atoms with van der Waals surface area (Å²) in [5, 5.41) is 3.50. The van der Waals surface area contributed by atoms with Crippen molar-refractivity contribution in [2.24, 2.45) is 0 Å². The fourth-order valence-electron chi connectivity index (χ4n) is 2.25. The molecule has 0 spiro atoms. The van der Waals surface area contributed by atoms with E-state index >= 15 is 0 Å². The van der Waals surface area contributed by atoms with E-state index in [-0.39, 0.29) is 0 Å². The lowest BCUT2D eigenvalue weighted by Crippen LogP contribution is -2.20. The van der Waals surface area contributed by atoms with Crippen LogP contribution in [0.2, 0.25) is 0 Å². The Morgan fingerprint density at radius 1 is 1.22 bits per heavy atom. The second-order valence-corrected chi connectivity index (χ2v) is 4.81. The molecule has 0 saturated carbocycles. The van der Waals surface area contributed by atoms with Gasteiger partial charge in [0.1, 0.15) is 5.75 Å². The van der Waals surface area contributed by atoms with Crippen molar-refractivity contribution in [3.8, 4) is 5.75 Å². The molecule has 0 bridgehead atoms. The lowest BCUT2D eigenvalue weighted by Gasteiger charge is -2.19. The minimum absolute atomic E-state index is 0.296.